The van der Waals surface area contributed by atoms with Crippen LogP contribution in [0.4, 0.5) is 4.39 Å². The quantitative estimate of drug-likeness (QED) is 0.808. The number of amides is 1. The number of benzene rings is 1. The summed E-state index contributed by atoms with van der Waals surface area (Å²) >= 11 is 0. The number of carbonyl (C=O) groups excluding carboxylic acids is 1. The average Bonchev–Trinajstić information content (AvgIpc) is 3.19. The normalized spacial score (nSPS) is 17.1. The lowest BCUT2D eigenvalue weighted by atomic mass is 10.0. The highest BCUT2D eigenvalue weighted by Gasteiger charge is 2.57. The van der Waals surface area contributed by atoms with Crippen LogP contribution in [0.3, 0.4) is 0 Å². The van der Waals surface area contributed by atoms with Crippen molar-refractivity contribution in [3.05, 3.63) is 29.6 Å². The third kappa shape index (κ3) is 2.45. The standard InChI is InChI=1S/C14H16FNO4/c1-8(9-3-4-11(20-2)10(15)7-9)16-12(17)14(5-6-14)13(18)19/h3-4,7-8H,5-6H2,1-2H3,(H,16,17)(H,18,19)/t8-/m1/s1. The van der Waals surface area contributed by atoms with Crippen LogP contribution >= 0.6 is 0 Å². The number of aliphatic carboxylic acids is 1. The molecule has 1 fully saturated rings. The molecule has 1 aliphatic carbocycles. The summed E-state index contributed by atoms with van der Waals surface area (Å²) in [5, 5.41) is 11.7. The van der Waals surface area contributed by atoms with Crippen molar-refractivity contribution in [2.75, 3.05) is 7.11 Å². The van der Waals surface area contributed by atoms with Crippen LogP contribution in [-0.2, 0) is 9.59 Å². The number of hydrogen-bond donors (Lipinski definition) is 2. The Morgan fingerprint density at radius 2 is 2.10 bits per heavy atom. The minimum absolute atomic E-state index is 0.122. The molecule has 5 nitrogen and oxygen atoms in total. The van der Waals surface area contributed by atoms with Crippen LogP contribution < -0.4 is 10.1 Å². The van der Waals surface area contributed by atoms with Crippen molar-refractivity contribution in [2.45, 2.75) is 25.8 Å². The predicted molar refractivity (Wildman–Crippen MR) is 68.8 cm³/mol. The molecule has 2 N–H and O–H groups in total. The largest absolute Gasteiger partial charge is 0.494 e. The van der Waals surface area contributed by atoms with Gasteiger partial charge in [-0.3, -0.25) is 9.59 Å². The fraction of sp³-hybridized carbons (Fsp3) is 0.429. The van der Waals surface area contributed by atoms with E-state index in [1.807, 2.05) is 0 Å². The molecule has 0 saturated heterocycles. The zero-order chi connectivity index (χ0) is 14.9. The van der Waals surface area contributed by atoms with E-state index in [0.717, 1.165) is 0 Å². The lowest BCUT2D eigenvalue weighted by Gasteiger charge is -2.18. The van der Waals surface area contributed by atoms with Crippen molar-refractivity contribution >= 4 is 11.9 Å². The maximum absolute atomic E-state index is 13.6. The van der Waals surface area contributed by atoms with E-state index in [0.29, 0.717) is 18.4 Å². The lowest BCUT2D eigenvalue weighted by molar-refractivity contribution is -0.149. The van der Waals surface area contributed by atoms with Crippen LogP contribution in [-0.4, -0.2) is 24.1 Å². The predicted octanol–water partition coefficient (Wildman–Crippen LogP) is 1.88. The second-order valence-corrected chi connectivity index (χ2v) is 4.98. The van der Waals surface area contributed by atoms with Crippen molar-refractivity contribution in [3.63, 3.8) is 0 Å². The van der Waals surface area contributed by atoms with Crippen LogP contribution in [0.1, 0.15) is 31.4 Å². The van der Waals surface area contributed by atoms with Crippen LogP contribution in [0.25, 0.3) is 0 Å². The van der Waals surface area contributed by atoms with Gasteiger partial charge >= 0.3 is 5.97 Å². The SMILES string of the molecule is COc1ccc([C@@H](C)NC(=O)C2(C(=O)O)CC2)cc1F. The molecule has 108 valence electrons. The Bertz CT molecular complexity index is 554. The summed E-state index contributed by atoms with van der Waals surface area (Å²) in [6, 6.07) is 3.90. The summed E-state index contributed by atoms with van der Waals surface area (Å²) in [6.07, 6.45) is 0.690. The number of ether oxygens (including phenoxy) is 1. The monoisotopic (exact) mass is 281 g/mol. The zero-order valence-corrected chi connectivity index (χ0v) is 11.3. The molecule has 0 aliphatic heterocycles. The van der Waals surface area contributed by atoms with Gasteiger partial charge in [-0.2, -0.15) is 0 Å². The average molecular weight is 281 g/mol. The van der Waals surface area contributed by atoms with Crippen LogP contribution in [0.15, 0.2) is 18.2 Å². The molecular formula is C14H16FNO4. The van der Waals surface area contributed by atoms with Gasteiger partial charge in [-0.1, -0.05) is 6.07 Å². The van der Waals surface area contributed by atoms with E-state index in [1.165, 1.54) is 19.2 Å². The van der Waals surface area contributed by atoms with E-state index in [4.69, 9.17) is 9.84 Å². The van der Waals surface area contributed by atoms with Gasteiger partial charge in [-0.15, -0.1) is 0 Å². The summed E-state index contributed by atoms with van der Waals surface area (Å²) in [5.41, 5.74) is -0.739. The van der Waals surface area contributed by atoms with Crippen molar-refractivity contribution in [1.82, 2.24) is 5.32 Å². The Morgan fingerprint density at radius 1 is 1.45 bits per heavy atom. The second kappa shape index (κ2) is 5.11. The first kappa shape index (κ1) is 14.3. The fourth-order valence-electron chi connectivity index (χ4n) is 2.03. The summed E-state index contributed by atoms with van der Waals surface area (Å²) in [7, 11) is 1.37. The first-order valence-corrected chi connectivity index (χ1v) is 6.28. The number of methoxy groups -OCH3 is 1. The van der Waals surface area contributed by atoms with E-state index >= 15 is 0 Å². The first-order valence-electron chi connectivity index (χ1n) is 6.28. The van der Waals surface area contributed by atoms with Crippen molar-refractivity contribution in [2.24, 2.45) is 5.41 Å². The number of carboxylic acids is 1. The van der Waals surface area contributed by atoms with Gasteiger partial charge in [0.1, 0.15) is 5.41 Å². The van der Waals surface area contributed by atoms with Gasteiger partial charge in [-0.05, 0) is 37.5 Å². The highest BCUT2D eigenvalue weighted by atomic mass is 19.1. The molecule has 1 aliphatic rings. The molecule has 0 aromatic heterocycles. The van der Waals surface area contributed by atoms with Gasteiger partial charge in [0.2, 0.25) is 5.91 Å². The van der Waals surface area contributed by atoms with Crippen molar-refractivity contribution in [3.8, 4) is 5.75 Å². The van der Waals surface area contributed by atoms with Gasteiger partial charge in [-0.25, -0.2) is 4.39 Å². The third-order valence-electron chi connectivity index (χ3n) is 3.62. The summed E-state index contributed by atoms with van der Waals surface area (Å²) in [6.45, 7) is 1.68. The van der Waals surface area contributed by atoms with E-state index < -0.39 is 29.2 Å². The molecule has 0 heterocycles. The number of carbonyl (C=O) groups is 2. The topological polar surface area (TPSA) is 75.6 Å². The lowest BCUT2D eigenvalue weighted by Crippen LogP contribution is -2.38. The number of nitrogens with one attached hydrogen (secondary N) is 1. The molecule has 20 heavy (non-hydrogen) atoms. The van der Waals surface area contributed by atoms with Gasteiger partial charge in [0.25, 0.3) is 0 Å². The molecule has 2 rings (SSSR count). The molecule has 1 aromatic rings. The Kier molecular flexibility index (Phi) is 3.65. The smallest absolute Gasteiger partial charge is 0.319 e. The Balaban J connectivity index is 2.09. The summed E-state index contributed by atoms with van der Waals surface area (Å²) in [4.78, 5) is 23.0. The molecule has 1 amide bonds. The van der Waals surface area contributed by atoms with E-state index in [1.54, 1.807) is 13.0 Å². The number of hydrogen-bond acceptors (Lipinski definition) is 3. The summed E-state index contributed by atoms with van der Waals surface area (Å²) in [5.74, 6) is -2.03. The summed E-state index contributed by atoms with van der Waals surface area (Å²) < 4.78 is 18.4. The highest BCUT2D eigenvalue weighted by Crippen LogP contribution is 2.46. The fourth-order valence-corrected chi connectivity index (χ4v) is 2.03. The van der Waals surface area contributed by atoms with E-state index in [-0.39, 0.29) is 5.75 Å². The van der Waals surface area contributed by atoms with E-state index in [9.17, 15) is 14.0 Å². The maximum Gasteiger partial charge on any atom is 0.319 e. The minimum Gasteiger partial charge on any atom is -0.494 e. The van der Waals surface area contributed by atoms with Crippen LogP contribution in [0.5, 0.6) is 5.75 Å². The Hall–Kier alpha value is -2.11. The zero-order valence-electron chi connectivity index (χ0n) is 11.3. The molecule has 6 heteroatoms. The molecule has 0 bridgehead atoms. The second-order valence-electron chi connectivity index (χ2n) is 4.98. The Labute approximate surface area is 115 Å². The highest BCUT2D eigenvalue weighted by molar-refractivity contribution is 6.04. The molecule has 1 saturated carbocycles. The molecule has 0 unspecified atom stereocenters. The number of halogens is 1. The van der Waals surface area contributed by atoms with Gasteiger partial charge in [0.05, 0.1) is 13.2 Å². The van der Waals surface area contributed by atoms with Gasteiger partial charge in [0.15, 0.2) is 11.6 Å². The third-order valence-corrected chi connectivity index (χ3v) is 3.62. The van der Waals surface area contributed by atoms with Crippen molar-refractivity contribution in [1.29, 1.82) is 0 Å². The van der Waals surface area contributed by atoms with Gasteiger partial charge in [0, 0.05) is 0 Å². The Morgan fingerprint density at radius 3 is 2.55 bits per heavy atom. The molecular weight excluding hydrogens is 265 g/mol. The first-order chi connectivity index (χ1) is 9.40. The van der Waals surface area contributed by atoms with Crippen molar-refractivity contribution < 1.29 is 23.8 Å². The molecule has 0 spiro atoms. The molecule has 1 aromatic carbocycles. The van der Waals surface area contributed by atoms with Gasteiger partial charge < -0.3 is 15.2 Å². The van der Waals surface area contributed by atoms with Crippen LogP contribution in [0.2, 0.25) is 0 Å². The molecule has 1 atom stereocenters. The number of rotatable bonds is 5. The minimum atomic E-state index is -1.29. The van der Waals surface area contributed by atoms with E-state index in [2.05, 4.69) is 5.32 Å². The van der Waals surface area contributed by atoms with Crippen LogP contribution in [0, 0.1) is 11.2 Å². The maximum atomic E-state index is 13.6. The molecule has 0 radical (unpaired) electrons. The number of carboxylic acid groups (broad SMARTS) is 1.